The summed E-state index contributed by atoms with van der Waals surface area (Å²) in [5, 5.41) is 8.44. The number of anilines is 1. The maximum absolute atomic E-state index is 13.2. The third-order valence-corrected chi connectivity index (χ3v) is 8.05. The van der Waals surface area contributed by atoms with Crippen LogP contribution in [0.25, 0.3) is 22.0 Å². The molecule has 4 bridgehead atoms. The number of carbonyl (C=O) groups excluding carboxylic acids is 1. The van der Waals surface area contributed by atoms with Gasteiger partial charge in [-0.3, -0.25) is 4.79 Å². The minimum Gasteiger partial charge on any atom is -0.301 e. The highest BCUT2D eigenvalue weighted by Crippen LogP contribution is 2.60. The Labute approximate surface area is 169 Å². The Hall–Kier alpha value is -2.20. The Balaban J connectivity index is 1.24. The lowest BCUT2D eigenvalue weighted by Gasteiger charge is -2.55. The van der Waals surface area contributed by atoms with E-state index >= 15 is 0 Å². The van der Waals surface area contributed by atoms with Crippen molar-refractivity contribution in [3.8, 4) is 11.3 Å². The van der Waals surface area contributed by atoms with Gasteiger partial charge in [0.1, 0.15) is 0 Å². The predicted octanol–water partition coefficient (Wildman–Crippen LogP) is 6.12. The van der Waals surface area contributed by atoms with E-state index in [1.54, 1.807) is 0 Å². The van der Waals surface area contributed by atoms with Crippen LogP contribution in [0.3, 0.4) is 0 Å². The van der Waals surface area contributed by atoms with Crippen LogP contribution in [0.2, 0.25) is 0 Å². The molecule has 4 aliphatic carbocycles. The lowest BCUT2D eigenvalue weighted by atomic mass is 9.49. The molecule has 0 saturated heterocycles. The van der Waals surface area contributed by atoms with Gasteiger partial charge in [0.2, 0.25) is 5.91 Å². The molecular formula is C24H24N2OS. The molecule has 4 heteroatoms. The third-order valence-electron chi connectivity index (χ3n) is 7.29. The monoisotopic (exact) mass is 388 g/mol. The molecule has 0 unspecified atom stereocenters. The van der Waals surface area contributed by atoms with Crippen molar-refractivity contribution in [1.82, 2.24) is 4.98 Å². The first-order valence-corrected chi connectivity index (χ1v) is 11.3. The number of fused-ring (bicyclic) bond motifs is 1. The van der Waals surface area contributed by atoms with Crippen LogP contribution in [0.5, 0.6) is 0 Å². The molecule has 3 aromatic rings. The first-order valence-electron chi connectivity index (χ1n) is 10.4. The van der Waals surface area contributed by atoms with Crippen LogP contribution in [0, 0.1) is 23.2 Å². The molecule has 0 aliphatic heterocycles. The van der Waals surface area contributed by atoms with Gasteiger partial charge in [0.25, 0.3) is 0 Å². The van der Waals surface area contributed by atoms with Gasteiger partial charge in [-0.1, -0.05) is 36.4 Å². The highest BCUT2D eigenvalue weighted by Gasteiger charge is 2.54. The summed E-state index contributed by atoms with van der Waals surface area (Å²) in [6, 6.07) is 14.8. The fourth-order valence-corrected chi connectivity index (χ4v) is 7.15. The van der Waals surface area contributed by atoms with Crippen LogP contribution in [0.4, 0.5) is 5.13 Å². The molecule has 1 amide bonds. The van der Waals surface area contributed by atoms with E-state index < -0.39 is 0 Å². The van der Waals surface area contributed by atoms with Gasteiger partial charge in [-0.2, -0.15) is 0 Å². The molecule has 0 radical (unpaired) electrons. The van der Waals surface area contributed by atoms with Gasteiger partial charge in [-0.15, -0.1) is 11.3 Å². The van der Waals surface area contributed by atoms with Crippen molar-refractivity contribution in [1.29, 1.82) is 0 Å². The Morgan fingerprint density at radius 3 is 2.36 bits per heavy atom. The number of nitrogens with one attached hydrogen (secondary N) is 1. The van der Waals surface area contributed by atoms with Crippen molar-refractivity contribution in [2.24, 2.45) is 23.2 Å². The van der Waals surface area contributed by atoms with Gasteiger partial charge in [-0.05, 0) is 73.1 Å². The molecule has 0 spiro atoms. The Morgan fingerprint density at radius 1 is 0.964 bits per heavy atom. The molecule has 1 aromatic heterocycles. The maximum Gasteiger partial charge on any atom is 0.232 e. The van der Waals surface area contributed by atoms with Gasteiger partial charge < -0.3 is 5.32 Å². The predicted molar refractivity (Wildman–Crippen MR) is 114 cm³/mol. The lowest BCUT2D eigenvalue weighted by Crippen LogP contribution is -2.51. The maximum atomic E-state index is 13.2. The van der Waals surface area contributed by atoms with Crippen LogP contribution >= 0.6 is 11.3 Å². The summed E-state index contributed by atoms with van der Waals surface area (Å²) in [5.41, 5.74) is 1.92. The Bertz CT molecular complexity index is 1030. The summed E-state index contributed by atoms with van der Waals surface area (Å²) >= 11 is 1.54. The first-order chi connectivity index (χ1) is 13.7. The number of amides is 1. The van der Waals surface area contributed by atoms with Gasteiger partial charge in [0.05, 0.1) is 11.1 Å². The number of benzene rings is 2. The number of carbonyl (C=O) groups is 1. The number of hydrogen-bond acceptors (Lipinski definition) is 3. The van der Waals surface area contributed by atoms with E-state index in [1.165, 1.54) is 41.4 Å². The number of aromatic nitrogens is 1. The second-order valence-corrected chi connectivity index (χ2v) is 10.1. The molecule has 4 saturated carbocycles. The van der Waals surface area contributed by atoms with E-state index in [0.29, 0.717) is 0 Å². The zero-order valence-corrected chi connectivity index (χ0v) is 16.7. The van der Waals surface area contributed by atoms with Crippen molar-refractivity contribution in [3.05, 3.63) is 47.8 Å². The van der Waals surface area contributed by atoms with Crippen LogP contribution in [0.1, 0.15) is 38.5 Å². The normalized spacial score (nSPS) is 30.6. The number of nitrogens with zero attached hydrogens (tertiary/aromatic N) is 1. The minimum absolute atomic E-state index is 0.121. The molecule has 1 N–H and O–H groups in total. The second-order valence-electron chi connectivity index (χ2n) is 9.25. The van der Waals surface area contributed by atoms with Crippen molar-refractivity contribution in [2.75, 3.05) is 5.32 Å². The molecule has 2 aromatic carbocycles. The first kappa shape index (κ1) is 16.7. The van der Waals surface area contributed by atoms with Gasteiger partial charge in [0.15, 0.2) is 5.13 Å². The molecule has 0 atom stereocenters. The molecule has 4 fully saturated rings. The van der Waals surface area contributed by atoms with Crippen molar-refractivity contribution in [2.45, 2.75) is 38.5 Å². The number of hydrogen-bond donors (Lipinski definition) is 1. The van der Waals surface area contributed by atoms with Crippen LogP contribution < -0.4 is 5.32 Å². The summed E-state index contributed by atoms with van der Waals surface area (Å²) in [4.78, 5) is 18.0. The molecular weight excluding hydrogens is 364 g/mol. The zero-order chi connectivity index (χ0) is 18.7. The highest BCUT2D eigenvalue weighted by atomic mass is 32.1. The molecule has 4 aliphatic rings. The Kier molecular flexibility index (Phi) is 3.67. The van der Waals surface area contributed by atoms with E-state index in [-0.39, 0.29) is 11.3 Å². The lowest BCUT2D eigenvalue weighted by molar-refractivity contribution is -0.140. The molecule has 1 heterocycles. The average molecular weight is 389 g/mol. The van der Waals surface area contributed by atoms with Gasteiger partial charge >= 0.3 is 0 Å². The van der Waals surface area contributed by atoms with E-state index in [2.05, 4.69) is 53.2 Å². The fraction of sp³-hybridized carbons (Fsp3) is 0.417. The molecule has 7 rings (SSSR count). The standard InChI is InChI=1S/C24H24N2OS/c27-22(24-11-15-7-16(12-24)9-17(8-15)13-24)26-23-25-21(14-28-23)20-6-5-18-3-1-2-4-19(18)10-20/h1-6,10,14-17H,7-9,11-13H2,(H,25,26,27). The average Bonchev–Trinajstić information content (AvgIpc) is 3.15. The smallest absolute Gasteiger partial charge is 0.232 e. The SMILES string of the molecule is O=C(Nc1nc(-c2ccc3ccccc3c2)cs1)C12CC3CC(CC(C3)C1)C2. The quantitative estimate of drug-likeness (QED) is 0.587. The summed E-state index contributed by atoms with van der Waals surface area (Å²) < 4.78 is 0. The molecule has 3 nitrogen and oxygen atoms in total. The highest BCUT2D eigenvalue weighted by molar-refractivity contribution is 7.14. The third kappa shape index (κ3) is 2.69. The zero-order valence-electron chi connectivity index (χ0n) is 15.9. The van der Waals surface area contributed by atoms with Crippen molar-refractivity contribution in [3.63, 3.8) is 0 Å². The van der Waals surface area contributed by atoms with E-state index in [4.69, 9.17) is 4.98 Å². The molecule has 28 heavy (non-hydrogen) atoms. The molecule has 142 valence electrons. The second kappa shape index (κ2) is 6.15. The van der Waals surface area contributed by atoms with Crippen LogP contribution in [-0.2, 0) is 4.79 Å². The van der Waals surface area contributed by atoms with Gasteiger partial charge in [0, 0.05) is 10.9 Å². The van der Waals surface area contributed by atoms with Crippen molar-refractivity contribution >= 4 is 33.1 Å². The summed E-state index contributed by atoms with van der Waals surface area (Å²) in [6.45, 7) is 0. The topological polar surface area (TPSA) is 42.0 Å². The van der Waals surface area contributed by atoms with E-state index in [1.807, 2.05) is 0 Å². The fourth-order valence-electron chi connectivity index (χ4n) is 6.43. The van der Waals surface area contributed by atoms with Crippen LogP contribution in [0.15, 0.2) is 47.8 Å². The Morgan fingerprint density at radius 2 is 1.64 bits per heavy atom. The largest absolute Gasteiger partial charge is 0.301 e. The number of thiazole rings is 1. The summed E-state index contributed by atoms with van der Waals surface area (Å²) in [6.07, 6.45) is 7.34. The van der Waals surface area contributed by atoms with E-state index in [0.717, 1.165) is 53.4 Å². The van der Waals surface area contributed by atoms with E-state index in [9.17, 15) is 4.79 Å². The van der Waals surface area contributed by atoms with Gasteiger partial charge in [-0.25, -0.2) is 4.98 Å². The summed E-state index contributed by atoms with van der Waals surface area (Å²) in [5.74, 6) is 2.57. The van der Waals surface area contributed by atoms with Crippen LogP contribution in [-0.4, -0.2) is 10.9 Å². The summed E-state index contributed by atoms with van der Waals surface area (Å²) in [7, 11) is 0. The van der Waals surface area contributed by atoms with Crippen molar-refractivity contribution < 1.29 is 4.79 Å². The minimum atomic E-state index is -0.121. The number of rotatable bonds is 3.